The number of benzene rings is 1. The maximum Gasteiger partial charge on any atom is 0.312 e. The first-order valence-electron chi connectivity index (χ1n) is 6.82. The van der Waals surface area contributed by atoms with Crippen LogP contribution in [0.2, 0.25) is 0 Å². The SMILES string of the molecule is CO[C@@H]1C[C@@H](c2ccc(F)cc2)N(C(=O)C(N)=O)C[C@@H]1C. The van der Waals surface area contributed by atoms with Crippen LogP contribution in [0.25, 0.3) is 0 Å². The summed E-state index contributed by atoms with van der Waals surface area (Å²) in [4.78, 5) is 24.7. The van der Waals surface area contributed by atoms with Crippen molar-refractivity contribution in [2.45, 2.75) is 25.5 Å². The van der Waals surface area contributed by atoms with Gasteiger partial charge >= 0.3 is 11.8 Å². The molecule has 2 amide bonds. The standard InChI is InChI=1S/C15H19FN2O3/c1-9-8-18(15(20)14(17)19)12(7-13(9)21-2)10-3-5-11(16)6-4-10/h3-6,9,12-13H,7-8H2,1-2H3,(H2,17,19)/t9-,12-,13+/m0/s1. The maximum atomic E-state index is 13.1. The van der Waals surface area contributed by atoms with Gasteiger partial charge in [-0.15, -0.1) is 0 Å². The summed E-state index contributed by atoms with van der Waals surface area (Å²) in [5.41, 5.74) is 5.89. The molecule has 1 fully saturated rings. The van der Waals surface area contributed by atoms with Crippen molar-refractivity contribution in [1.29, 1.82) is 0 Å². The van der Waals surface area contributed by atoms with E-state index in [0.717, 1.165) is 5.56 Å². The number of ether oxygens (including phenoxy) is 1. The molecule has 3 atom stereocenters. The van der Waals surface area contributed by atoms with Crippen LogP contribution in [0.1, 0.15) is 24.9 Å². The lowest BCUT2D eigenvalue weighted by molar-refractivity contribution is -0.150. The minimum absolute atomic E-state index is 0.0306. The van der Waals surface area contributed by atoms with Crippen LogP contribution in [0.4, 0.5) is 4.39 Å². The van der Waals surface area contributed by atoms with Gasteiger partial charge in [0, 0.05) is 19.6 Å². The van der Waals surface area contributed by atoms with Crippen LogP contribution in [-0.4, -0.2) is 36.5 Å². The molecule has 0 aliphatic carbocycles. The predicted octanol–water partition coefficient (Wildman–Crippen LogP) is 1.24. The lowest BCUT2D eigenvalue weighted by Crippen LogP contribution is -2.51. The van der Waals surface area contributed by atoms with Crippen molar-refractivity contribution in [1.82, 2.24) is 4.90 Å². The average Bonchev–Trinajstić information content (AvgIpc) is 2.47. The Kier molecular flexibility index (Phi) is 4.57. The molecule has 2 N–H and O–H groups in total. The first-order chi connectivity index (χ1) is 9.93. The van der Waals surface area contributed by atoms with Crippen LogP contribution >= 0.6 is 0 Å². The van der Waals surface area contributed by atoms with E-state index in [2.05, 4.69) is 0 Å². The van der Waals surface area contributed by atoms with Gasteiger partial charge in [-0.25, -0.2) is 4.39 Å². The summed E-state index contributed by atoms with van der Waals surface area (Å²) in [7, 11) is 1.62. The molecule has 1 aliphatic rings. The van der Waals surface area contributed by atoms with Gasteiger partial charge in [-0.2, -0.15) is 0 Å². The van der Waals surface area contributed by atoms with E-state index in [-0.39, 0.29) is 23.9 Å². The van der Waals surface area contributed by atoms with Gasteiger partial charge in [0.2, 0.25) is 0 Å². The van der Waals surface area contributed by atoms with Crippen molar-refractivity contribution in [2.75, 3.05) is 13.7 Å². The molecule has 2 rings (SSSR count). The van der Waals surface area contributed by atoms with Crippen LogP contribution in [0.3, 0.4) is 0 Å². The molecule has 1 saturated heterocycles. The van der Waals surface area contributed by atoms with E-state index in [1.54, 1.807) is 19.2 Å². The van der Waals surface area contributed by atoms with Gasteiger partial charge < -0.3 is 15.4 Å². The van der Waals surface area contributed by atoms with Gasteiger partial charge in [0.05, 0.1) is 12.1 Å². The Hall–Kier alpha value is -1.95. The topological polar surface area (TPSA) is 72.6 Å². The Labute approximate surface area is 122 Å². The highest BCUT2D eigenvalue weighted by Gasteiger charge is 2.38. The van der Waals surface area contributed by atoms with Gasteiger partial charge in [0.15, 0.2) is 0 Å². The van der Waals surface area contributed by atoms with E-state index < -0.39 is 11.8 Å². The number of methoxy groups -OCH3 is 1. The van der Waals surface area contributed by atoms with E-state index >= 15 is 0 Å². The zero-order chi connectivity index (χ0) is 15.6. The summed E-state index contributed by atoms with van der Waals surface area (Å²) in [6.07, 6.45) is 0.513. The lowest BCUT2D eigenvalue weighted by atomic mass is 9.87. The summed E-state index contributed by atoms with van der Waals surface area (Å²) >= 11 is 0. The van der Waals surface area contributed by atoms with Crippen LogP contribution in [0.15, 0.2) is 24.3 Å². The largest absolute Gasteiger partial charge is 0.381 e. The van der Waals surface area contributed by atoms with Crippen LogP contribution in [-0.2, 0) is 14.3 Å². The fourth-order valence-electron chi connectivity index (χ4n) is 2.83. The van der Waals surface area contributed by atoms with Crippen molar-refractivity contribution in [2.24, 2.45) is 11.7 Å². The number of rotatable bonds is 2. The molecule has 21 heavy (non-hydrogen) atoms. The molecule has 1 aliphatic heterocycles. The summed E-state index contributed by atoms with van der Waals surface area (Å²) in [5, 5.41) is 0. The second-order valence-corrected chi connectivity index (χ2v) is 5.38. The van der Waals surface area contributed by atoms with Crippen molar-refractivity contribution in [3.63, 3.8) is 0 Å². The zero-order valence-corrected chi connectivity index (χ0v) is 12.1. The van der Waals surface area contributed by atoms with Gasteiger partial charge in [0.1, 0.15) is 5.82 Å². The number of nitrogens with zero attached hydrogens (tertiary/aromatic N) is 1. The second-order valence-electron chi connectivity index (χ2n) is 5.38. The van der Waals surface area contributed by atoms with E-state index in [0.29, 0.717) is 13.0 Å². The molecule has 1 aromatic carbocycles. The Balaban J connectivity index is 2.33. The summed E-state index contributed by atoms with van der Waals surface area (Å²) in [5.74, 6) is -1.95. The highest BCUT2D eigenvalue weighted by molar-refractivity contribution is 6.34. The zero-order valence-electron chi connectivity index (χ0n) is 12.1. The number of likely N-dealkylation sites (tertiary alicyclic amines) is 1. The van der Waals surface area contributed by atoms with E-state index in [1.807, 2.05) is 6.92 Å². The molecule has 1 aromatic rings. The number of piperidine rings is 1. The van der Waals surface area contributed by atoms with Gasteiger partial charge in [-0.1, -0.05) is 19.1 Å². The minimum Gasteiger partial charge on any atom is -0.381 e. The molecule has 1 heterocycles. The van der Waals surface area contributed by atoms with E-state index in [4.69, 9.17) is 10.5 Å². The molecule has 0 bridgehead atoms. The number of amides is 2. The molecule has 5 nitrogen and oxygen atoms in total. The van der Waals surface area contributed by atoms with Crippen molar-refractivity contribution in [3.8, 4) is 0 Å². The van der Waals surface area contributed by atoms with Crippen LogP contribution in [0.5, 0.6) is 0 Å². The minimum atomic E-state index is -0.981. The van der Waals surface area contributed by atoms with Gasteiger partial charge in [-0.3, -0.25) is 9.59 Å². The maximum absolute atomic E-state index is 13.1. The lowest BCUT2D eigenvalue weighted by Gasteiger charge is -2.42. The van der Waals surface area contributed by atoms with E-state index in [9.17, 15) is 14.0 Å². The Morgan fingerprint density at radius 2 is 1.95 bits per heavy atom. The molecule has 0 saturated carbocycles. The number of nitrogens with two attached hydrogens (primary N) is 1. The fraction of sp³-hybridized carbons (Fsp3) is 0.467. The van der Waals surface area contributed by atoms with Gasteiger partial charge in [-0.05, 0) is 24.1 Å². The van der Waals surface area contributed by atoms with Crippen molar-refractivity contribution in [3.05, 3.63) is 35.6 Å². The molecule has 0 unspecified atom stereocenters. The molecule has 0 spiro atoms. The van der Waals surface area contributed by atoms with Gasteiger partial charge in [0.25, 0.3) is 0 Å². The number of carbonyl (C=O) groups is 2. The summed E-state index contributed by atoms with van der Waals surface area (Å²) < 4.78 is 18.5. The number of hydrogen-bond acceptors (Lipinski definition) is 3. The number of hydrogen-bond donors (Lipinski definition) is 1. The average molecular weight is 294 g/mol. The number of primary amides is 1. The third-order valence-corrected chi connectivity index (χ3v) is 3.98. The van der Waals surface area contributed by atoms with Crippen molar-refractivity contribution >= 4 is 11.8 Å². The highest BCUT2D eigenvalue weighted by Crippen LogP contribution is 2.34. The van der Waals surface area contributed by atoms with E-state index in [1.165, 1.54) is 17.0 Å². The monoisotopic (exact) mass is 294 g/mol. The fourth-order valence-corrected chi connectivity index (χ4v) is 2.83. The molecular formula is C15H19FN2O3. The van der Waals surface area contributed by atoms with Crippen LogP contribution in [0, 0.1) is 11.7 Å². The number of halogens is 1. The second kappa shape index (κ2) is 6.22. The molecule has 114 valence electrons. The molecule has 0 aromatic heterocycles. The van der Waals surface area contributed by atoms with Crippen LogP contribution < -0.4 is 5.73 Å². The molecular weight excluding hydrogens is 275 g/mol. The quantitative estimate of drug-likeness (QED) is 0.834. The first kappa shape index (κ1) is 15.4. The Morgan fingerprint density at radius 1 is 1.33 bits per heavy atom. The third kappa shape index (κ3) is 3.21. The summed E-state index contributed by atoms with van der Waals surface area (Å²) in [6.45, 7) is 2.33. The Bertz CT molecular complexity index is 532. The third-order valence-electron chi connectivity index (χ3n) is 3.98. The first-order valence-corrected chi connectivity index (χ1v) is 6.82. The highest BCUT2D eigenvalue weighted by atomic mass is 19.1. The predicted molar refractivity (Wildman–Crippen MR) is 74.6 cm³/mol. The van der Waals surface area contributed by atoms with Crippen molar-refractivity contribution < 1.29 is 18.7 Å². The molecule has 0 radical (unpaired) electrons. The normalized spacial score (nSPS) is 25.7. The summed E-state index contributed by atoms with van der Waals surface area (Å²) in [6, 6.07) is 5.56. The molecule has 6 heteroatoms. The number of carbonyl (C=O) groups excluding carboxylic acids is 2. The Morgan fingerprint density at radius 3 is 2.48 bits per heavy atom. The smallest absolute Gasteiger partial charge is 0.312 e.